The molecule has 0 aromatic heterocycles. The highest BCUT2D eigenvalue weighted by Gasteiger charge is 2.32. The lowest BCUT2D eigenvalue weighted by Gasteiger charge is -2.11. The molecule has 0 aliphatic carbocycles. The second-order valence-corrected chi connectivity index (χ2v) is 10.1. The van der Waals surface area contributed by atoms with Crippen LogP contribution in [0.4, 0.5) is 15.8 Å². The van der Waals surface area contributed by atoms with E-state index >= 15 is 0 Å². The molecule has 1 aliphatic heterocycles. The molecule has 3 rings (SSSR count). The van der Waals surface area contributed by atoms with Gasteiger partial charge in [0.25, 0.3) is 10.0 Å². The largest absolute Gasteiger partial charge is 0.326 e. The second-order valence-electron chi connectivity index (χ2n) is 6.23. The molecular weight excluding hydrogens is 395 g/mol. The molecule has 2 aromatic carbocycles. The molecule has 0 spiro atoms. The van der Waals surface area contributed by atoms with E-state index in [0.29, 0.717) is 12.1 Å². The third-order valence-electron chi connectivity index (χ3n) is 4.13. The van der Waals surface area contributed by atoms with Crippen molar-refractivity contribution in [1.29, 1.82) is 0 Å². The van der Waals surface area contributed by atoms with Crippen molar-refractivity contribution >= 4 is 37.1 Å². The standard InChI is InChI=1S/C17H17FN2O5S2/c18-13-1-7-16(8-2-13)27(24,25)20-15-5-3-14(4-6-15)19-17(21)12-9-10-26(22,23)11-12/h1-8,12,20H,9-11H2,(H,19,21)/t12-/m0/s1. The first-order chi connectivity index (χ1) is 12.6. The molecule has 2 N–H and O–H groups in total. The summed E-state index contributed by atoms with van der Waals surface area (Å²) in [5.74, 6) is -1.64. The number of sulfone groups is 1. The number of sulfonamides is 1. The summed E-state index contributed by atoms with van der Waals surface area (Å²) in [5.41, 5.74) is 0.690. The van der Waals surface area contributed by atoms with E-state index in [9.17, 15) is 26.0 Å². The topological polar surface area (TPSA) is 109 Å². The third-order valence-corrected chi connectivity index (χ3v) is 7.30. The minimum atomic E-state index is -3.86. The SMILES string of the molecule is O=C(Nc1ccc(NS(=O)(=O)c2ccc(F)cc2)cc1)[C@H]1CCS(=O)(=O)C1. The van der Waals surface area contributed by atoms with Crippen LogP contribution >= 0.6 is 0 Å². The zero-order chi connectivity index (χ0) is 19.7. The van der Waals surface area contributed by atoms with Gasteiger partial charge in [-0.15, -0.1) is 0 Å². The van der Waals surface area contributed by atoms with Crippen LogP contribution in [0, 0.1) is 11.7 Å². The molecule has 10 heteroatoms. The minimum Gasteiger partial charge on any atom is -0.326 e. The van der Waals surface area contributed by atoms with E-state index in [1.165, 1.54) is 24.3 Å². The Bertz CT molecular complexity index is 1050. The molecule has 0 saturated carbocycles. The Hall–Kier alpha value is -2.46. The summed E-state index contributed by atoms with van der Waals surface area (Å²) in [5, 5.41) is 2.63. The predicted octanol–water partition coefficient (Wildman–Crippen LogP) is 2.00. The average molecular weight is 412 g/mol. The van der Waals surface area contributed by atoms with Gasteiger partial charge < -0.3 is 5.32 Å². The fourth-order valence-corrected chi connectivity index (χ4v) is 5.50. The van der Waals surface area contributed by atoms with Crippen LogP contribution in [-0.2, 0) is 24.7 Å². The third kappa shape index (κ3) is 4.83. The molecule has 0 bridgehead atoms. The van der Waals surface area contributed by atoms with Crippen LogP contribution in [0.5, 0.6) is 0 Å². The number of rotatable bonds is 5. The molecule has 144 valence electrons. The highest BCUT2D eigenvalue weighted by atomic mass is 32.2. The normalized spacial score (nSPS) is 18.8. The Balaban J connectivity index is 1.65. The van der Waals surface area contributed by atoms with E-state index in [4.69, 9.17) is 0 Å². The van der Waals surface area contributed by atoms with Crippen molar-refractivity contribution < 1.29 is 26.0 Å². The van der Waals surface area contributed by atoms with Gasteiger partial charge in [0, 0.05) is 11.4 Å². The maximum atomic E-state index is 12.9. The molecule has 1 heterocycles. The fraction of sp³-hybridized carbons (Fsp3) is 0.235. The van der Waals surface area contributed by atoms with Crippen molar-refractivity contribution in [2.45, 2.75) is 11.3 Å². The molecule has 0 radical (unpaired) electrons. The van der Waals surface area contributed by atoms with Crippen LogP contribution in [-0.4, -0.2) is 34.2 Å². The maximum Gasteiger partial charge on any atom is 0.261 e. The molecule has 2 aromatic rings. The smallest absolute Gasteiger partial charge is 0.261 e. The first kappa shape index (κ1) is 19.3. The highest BCUT2D eigenvalue weighted by Crippen LogP contribution is 2.22. The lowest BCUT2D eigenvalue weighted by Crippen LogP contribution is -2.23. The zero-order valence-corrected chi connectivity index (χ0v) is 15.7. The number of nitrogens with one attached hydrogen (secondary N) is 2. The van der Waals surface area contributed by atoms with Gasteiger partial charge in [-0.05, 0) is 55.0 Å². The molecule has 1 aliphatic rings. The fourth-order valence-electron chi connectivity index (χ4n) is 2.70. The Labute approximate surface area is 156 Å². The van der Waals surface area contributed by atoms with E-state index in [-0.39, 0.29) is 28.0 Å². The Morgan fingerprint density at radius 1 is 1.00 bits per heavy atom. The quantitative estimate of drug-likeness (QED) is 0.781. The van der Waals surface area contributed by atoms with Crippen molar-refractivity contribution in [3.63, 3.8) is 0 Å². The Morgan fingerprint density at radius 2 is 1.59 bits per heavy atom. The van der Waals surface area contributed by atoms with Crippen molar-refractivity contribution in [3.8, 4) is 0 Å². The molecular formula is C17H17FN2O5S2. The summed E-state index contributed by atoms with van der Waals surface area (Å²) < 4.78 is 62.7. The van der Waals surface area contributed by atoms with Crippen LogP contribution in [0.25, 0.3) is 0 Å². The molecule has 1 atom stereocenters. The number of hydrogen-bond acceptors (Lipinski definition) is 5. The summed E-state index contributed by atoms with van der Waals surface area (Å²) in [4.78, 5) is 12.0. The first-order valence-corrected chi connectivity index (χ1v) is 11.3. The van der Waals surface area contributed by atoms with E-state index in [1.807, 2.05) is 0 Å². The van der Waals surface area contributed by atoms with Crippen molar-refractivity contribution in [1.82, 2.24) is 0 Å². The van der Waals surface area contributed by atoms with Crippen molar-refractivity contribution in [2.24, 2.45) is 5.92 Å². The number of halogens is 1. The van der Waals surface area contributed by atoms with Gasteiger partial charge in [0.2, 0.25) is 5.91 Å². The van der Waals surface area contributed by atoms with Gasteiger partial charge in [0.15, 0.2) is 9.84 Å². The molecule has 1 amide bonds. The van der Waals surface area contributed by atoms with Gasteiger partial charge in [-0.3, -0.25) is 9.52 Å². The van der Waals surface area contributed by atoms with Crippen LogP contribution in [0.1, 0.15) is 6.42 Å². The van der Waals surface area contributed by atoms with Gasteiger partial charge in [0.1, 0.15) is 5.82 Å². The summed E-state index contributed by atoms with van der Waals surface area (Å²) in [6, 6.07) is 10.3. The van der Waals surface area contributed by atoms with Crippen LogP contribution in [0.2, 0.25) is 0 Å². The number of hydrogen-bond donors (Lipinski definition) is 2. The van der Waals surface area contributed by atoms with Gasteiger partial charge in [-0.2, -0.15) is 0 Å². The lowest BCUT2D eigenvalue weighted by molar-refractivity contribution is -0.119. The van der Waals surface area contributed by atoms with Gasteiger partial charge in [-0.1, -0.05) is 0 Å². The summed E-state index contributed by atoms with van der Waals surface area (Å²) in [6.45, 7) is 0. The van der Waals surface area contributed by atoms with Gasteiger partial charge in [0.05, 0.1) is 22.3 Å². The molecule has 27 heavy (non-hydrogen) atoms. The zero-order valence-electron chi connectivity index (χ0n) is 14.1. The van der Waals surface area contributed by atoms with Crippen molar-refractivity contribution in [3.05, 3.63) is 54.3 Å². The van der Waals surface area contributed by atoms with Crippen LogP contribution in [0.15, 0.2) is 53.4 Å². The maximum absolute atomic E-state index is 12.9. The Kier molecular flexibility index (Phi) is 5.20. The first-order valence-electron chi connectivity index (χ1n) is 8.04. The summed E-state index contributed by atoms with van der Waals surface area (Å²) >= 11 is 0. The Morgan fingerprint density at radius 3 is 2.15 bits per heavy atom. The van der Waals surface area contributed by atoms with E-state index in [2.05, 4.69) is 10.0 Å². The molecule has 0 unspecified atom stereocenters. The van der Waals surface area contributed by atoms with Crippen LogP contribution in [0.3, 0.4) is 0 Å². The summed E-state index contributed by atoms with van der Waals surface area (Å²) in [6.07, 6.45) is 0.295. The van der Waals surface area contributed by atoms with Gasteiger partial charge >= 0.3 is 0 Å². The molecule has 1 fully saturated rings. The minimum absolute atomic E-state index is 0.00912. The number of anilines is 2. The van der Waals surface area contributed by atoms with E-state index in [0.717, 1.165) is 24.3 Å². The van der Waals surface area contributed by atoms with E-state index < -0.39 is 31.6 Å². The number of carbonyl (C=O) groups excluding carboxylic acids is 1. The highest BCUT2D eigenvalue weighted by molar-refractivity contribution is 7.92. The average Bonchev–Trinajstić information content (AvgIpc) is 2.97. The lowest BCUT2D eigenvalue weighted by atomic mass is 10.1. The second kappa shape index (κ2) is 7.28. The molecule has 1 saturated heterocycles. The number of benzene rings is 2. The summed E-state index contributed by atoms with van der Waals surface area (Å²) in [7, 11) is -7.01. The number of carbonyl (C=O) groups is 1. The van der Waals surface area contributed by atoms with Crippen LogP contribution < -0.4 is 10.0 Å². The molecule has 7 nitrogen and oxygen atoms in total. The van der Waals surface area contributed by atoms with Gasteiger partial charge in [-0.25, -0.2) is 21.2 Å². The monoisotopic (exact) mass is 412 g/mol. The predicted molar refractivity (Wildman–Crippen MR) is 99.0 cm³/mol. The van der Waals surface area contributed by atoms with E-state index in [1.54, 1.807) is 0 Å². The number of amides is 1. The van der Waals surface area contributed by atoms with Crippen molar-refractivity contribution in [2.75, 3.05) is 21.5 Å².